The van der Waals surface area contributed by atoms with Gasteiger partial charge in [-0.05, 0) is 31.9 Å². The summed E-state index contributed by atoms with van der Waals surface area (Å²) in [6, 6.07) is 2.00. The van der Waals surface area contributed by atoms with Gasteiger partial charge in [-0.1, -0.05) is 42.5 Å². The Balaban J connectivity index is 1.78. The van der Waals surface area contributed by atoms with E-state index in [0.717, 1.165) is 30.6 Å². The monoisotopic (exact) mass is 368 g/mol. The summed E-state index contributed by atoms with van der Waals surface area (Å²) in [5.41, 5.74) is 0.374. The van der Waals surface area contributed by atoms with Crippen molar-refractivity contribution >= 4 is 40.9 Å². The first-order chi connectivity index (χ1) is 11.4. The van der Waals surface area contributed by atoms with Crippen LogP contribution in [0.3, 0.4) is 0 Å². The molecule has 2 aliphatic rings. The van der Waals surface area contributed by atoms with Gasteiger partial charge in [0.15, 0.2) is 0 Å². The number of nitrogens with zero attached hydrogens (tertiary/aromatic N) is 1. The molecule has 1 aromatic rings. The summed E-state index contributed by atoms with van der Waals surface area (Å²) in [6.07, 6.45) is 5.23. The van der Waals surface area contributed by atoms with Gasteiger partial charge in [0.2, 0.25) is 5.91 Å². The van der Waals surface area contributed by atoms with Crippen LogP contribution in [-0.4, -0.2) is 34.7 Å². The zero-order valence-electron chi connectivity index (χ0n) is 13.3. The third kappa shape index (κ3) is 3.03. The molecule has 1 aliphatic heterocycles. The predicted molar refractivity (Wildman–Crippen MR) is 91.4 cm³/mol. The number of rotatable bonds is 3. The lowest BCUT2D eigenvalue weighted by Gasteiger charge is -2.27. The molecule has 0 aromatic heterocycles. The van der Waals surface area contributed by atoms with Crippen molar-refractivity contribution in [3.05, 3.63) is 33.3 Å². The van der Waals surface area contributed by atoms with Gasteiger partial charge in [-0.25, -0.2) is 0 Å². The average molecular weight is 369 g/mol. The number of halogens is 2. The lowest BCUT2D eigenvalue weighted by Crippen LogP contribution is -2.50. The van der Waals surface area contributed by atoms with Crippen LogP contribution >= 0.6 is 23.2 Å². The first-order valence-electron chi connectivity index (χ1n) is 8.07. The second-order valence-electron chi connectivity index (χ2n) is 6.31. The molecule has 0 radical (unpaired) electrons. The Kier molecular flexibility index (Phi) is 4.83. The summed E-state index contributed by atoms with van der Waals surface area (Å²) < 4.78 is 0. The van der Waals surface area contributed by atoms with E-state index in [9.17, 15) is 14.4 Å². The van der Waals surface area contributed by atoms with Crippen LogP contribution in [0.4, 0.5) is 0 Å². The van der Waals surface area contributed by atoms with Crippen LogP contribution in [0, 0.1) is 0 Å². The largest absolute Gasteiger partial charge is 0.352 e. The topological polar surface area (TPSA) is 66.5 Å². The van der Waals surface area contributed by atoms with Gasteiger partial charge in [-0.3, -0.25) is 19.3 Å². The van der Waals surface area contributed by atoms with E-state index in [2.05, 4.69) is 5.32 Å². The van der Waals surface area contributed by atoms with Crippen LogP contribution in [0.5, 0.6) is 0 Å². The molecular formula is C17H18Cl2N2O3. The Labute approximate surface area is 150 Å². The molecule has 7 heteroatoms. The highest BCUT2D eigenvalue weighted by molar-refractivity contribution is 6.43. The summed E-state index contributed by atoms with van der Waals surface area (Å²) in [5.74, 6) is -1.34. The van der Waals surface area contributed by atoms with Crippen molar-refractivity contribution in [2.45, 2.75) is 51.1 Å². The predicted octanol–water partition coefficient (Wildman–Crippen LogP) is 3.43. The van der Waals surface area contributed by atoms with Crippen molar-refractivity contribution in [1.82, 2.24) is 10.2 Å². The van der Waals surface area contributed by atoms with Crippen molar-refractivity contribution in [2.24, 2.45) is 0 Å². The van der Waals surface area contributed by atoms with Crippen LogP contribution < -0.4 is 5.32 Å². The van der Waals surface area contributed by atoms with Crippen molar-refractivity contribution in [2.75, 3.05) is 0 Å². The van der Waals surface area contributed by atoms with Crippen LogP contribution in [0.2, 0.25) is 10.0 Å². The maximum absolute atomic E-state index is 12.5. The molecular weight excluding hydrogens is 351 g/mol. The normalized spacial score (nSPS) is 19.4. The number of nitrogens with one attached hydrogen (secondary N) is 1. The Morgan fingerprint density at radius 3 is 2.08 bits per heavy atom. The second kappa shape index (κ2) is 6.73. The fourth-order valence-corrected chi connectivity index (χ4v) is 3.62. The summed E-state index contributed by atoms with van der Waals surface area (Å²) >= 11 is 11.9. The van der Waals surface area contributed by atoms with Gasteiger partial charge in [0.05, 0.1) is 21.2 Å². The van der Waals surface area contributed by atoms with Crippen molar-refractivity contribution in [3.8, 4) is 0 Å². The van der Waals surface area contributed by atoms with Gasteiger partial charge >= 0.3 is 0 Å². The number of imide groups is 1. The second-order valence-corrected chi connectivity index (χ2v) is 7.13. The van der Waals surface area contributed by atoms with E-state index in [4.69, 9.17) is 23.2 Å². The Morgan fingerprint density at radius 2 is 1.58 bits per heavy atom. The first-order valence-corrected chi connectivity index (χ1v) is 8.83. The Morgan fingerprint density at radius 1 is 1.08 bits per heavy atom. The fraction of sp³-hybridized carbons (Fsp3) is 0.471. The molecule has 1 saturated carbocycles. The van der Waals surface area contributed by atoms with E-state index in [1.54, 1.807) is 6.92 Å². The smallest absolute Gasteiger partial charge is 0.262 e. The van der Waals surface area contributed by atoms with Gasteiger partial charge in [-0.15, -0.1) is 0 Å². The minimum Gasteiger partial charge on any atom is -0.352 e. The Hall–Kier alpha value is -1.59. The number of benzene rings is 1. The molecule has 0 bridgehead atoms. The SMILES string of the molecule is C[C@@H](C(=O)NC1CCCCC1)N1C(=O)c2cc(Cl)c(Cl)cc2C1=O. The van der Waals surface area contributed by atoms with Gasteiger partial charge < -0.3 is 5.32 Å². The fourth-order valence-electron chi connectivity index (χ4n) is 3.29. The standard InChI is InChI=1S/C17H18Cl2N2O3/c1-9(15(22)20-10-5-3-2-4-6-10)21-16(23)11-7-13(18)14(19)8-12(11)17(21)24/h7-10H,2-6H2,1H3,(H,20,22)/t9-/m0/s1. The molecule has 0 spiro atoms. The average Bonchev–Trinajstić information content (AvgIpc) is 2.79. The van der Waals surface area contributed by atoms with E-state index in [0.29, 0.717) is 0 Å². The van der Waals surface area contributed by atoms with E-state index in [1.165, 1.54) is 18.6 Å². The van der Waals surface area contributed by atoms with Gasteiger partial charge in [0.25, 0.3) is 11.8 Å². The van der Waals surface area contributed by atoms with Crippen molar-refractivity contribution < 1.29 is 14.4 Å². The number of carbonyl (C=O) groups excluding carboxylic acids is 3. The van der Waals surface area contributed by atoms with Crippen LogP contribution in [0.1, 0.15) is 59.7 Å². The highest BCUT2D eigenvalue weighted by Crippen LogP contribution is 2.32. The highest BCUT2D eigenvalue weighted by atomic mass is 35.5. The lowest BCUT2D eigenvalue weighted by atomic mass is 9.95. The molecule has 3 amide bonds. The molecule has 128 valence electrons. The Bertz CT molecular complexity index is 673. The highest BCUT2D eigenvalue weighted by Gasteiger charge is 2.41. The molecule has 1 heterocycles. The van der Waals surface area contributed by atoms with E-state index in [-0.39, 0.29) is 33.1 Å². The number of amides is 3. The maximum atomic E-state index is 12.5. The molecule has 0 unspecified atom stereocenters. The zero-order chi connectivity index (χ0) is 17.4. The quantitative estimate of drug-likeness (QED) is 0.831. The molecule has 1 fully saturated rings. The number of hydrogen-bond acceptors (Lipinski definition) is 3. The van der Waals surface area contributed by atoms with Gasteiger partial charge in [-0.2, -0.15) is 0 Å². The minimum atomic E-state index is -0.878. The summed E-state index contributed by atoms with van der Waals surface area (Å²) in [6.45, 7) is 1.56. The molecule has 1 aromatic carbocycles. The molecule has 24 heavy (non-hydrogen) atoms. The zero-order valence-corrected chi connectivity index (χ0v) is 14.8. The minimum absolute atomic E-state index is 0.118. The molecule has 5 nitrogen and oxygen atoms in total. The van der Waals surface area contributed by atoms with Crippen LogP contribution in [0.15, 0.2) is 12.1 Å². The van der Waals surface area contributed by atoms with Crippen LogP contribution in [-0.2, 0) is 4.79 Å². The first kappa shape index (κ1) is 17.2. The van der Waals surface area contributed by atoms with Crippen molar-refractivity contribution in [3.63, 3.8) is 0 Å². The molecule has 0 saturated heterocycles. The van der Waals surface area contributed by atoms with E-state index >= 15 is 0 Å². The van der Waals surface area contributed by atoms with E-state index < -0.39 is 17.9 Å². The third-order valence-electron chi connectivity index (χ3n) is 4.68. The summed E-state index contributed by atoms with van der Waals surface area (Å²) in [7, 11) is 0. The molecule has 3 rings (SSSR count). The van der Waals surface area contributed by atoms with E-state index in [1.807, 2.05) is 0 Å². The third-order valence-corrected chi connectivity index (χ3v) is 5.40. The maximum Gasteiger partial charge on any atom is 0.262 e. The van der Waals surface area contributed by atoms with Crippen LogP contribution in [0.25, 0.3) is 0 Å². The molecule has 1 aliphatic carbocycles. The lowest BCUT2D eigenvalue weighted by molar-refractivity contribution is -0.125. The van der Waals surface area contributed by atoms with Gasteiger partial charge in [0, 0.05) is 6.04 Å². The summed E-state index contributed by atoms with van der Waals surface area (Å²) in [5, 5.41) is 3.36. The molecule has 1 N–H and O–H groups in total. The molecule has 1 atom stereocenters. The number of carbonyl (C=O) groups is 3. The number of hydrogen-bond donors (Lipinski definition) is 1. The number of fused-ring (bicyclic) bond motifs is 1. The van der Waals surface area contributed by atoms with Gasteiger partial charge in [0.1, 0.15) is 6.04 Å². The summed E-state index contributed by atoms with van der Waals surface area (Å²) in [4.78, 5) is 38.5. The van der Waals surface area contributed by atoms with Crippen molar-refractivity contribution in [1.29, 1.82) is 0 Å².